The monoisotopic (exact) mass is 444 g/mol. The summed E-state index contributed by atoms with van der Waals surface area (Å²) in [6, 6.07) is 4.35. The molecule has 0 aliphatic rings. The SMILES string of the molecule is O=c1cc(OS(=O)(=O)C(F)(F)C(F)(F)C(F)(F)C(F)(F)F)c2ccccc2o1. The fourth-order valence-corrected chi connectivity index (χ4v) is 2.76. The summed E-state index contributed by atoms with van der Waals surface area (Å²) in [5.74, 6) is -16.2. The zero-order valence-corrected chi connectivity index (χ0v) is 13.6. The van der Waals surface area contributed by atoms with Crippen LogP contribution in [0, 0.1) is 0 Å². The van der Waals surface area contributed by atoms with E-state index in [4.69, 9.17) is 0 Å². The number of hydrogen-bond donors (Lipinski definition) is 0. The summed E-state index contributed by atoms with van der Waals surface area (Å²) in [5.41, 5.74) is -1.89. The van der Waals surface area contributed by atoms with Crippen molar-refractivity contribution in [1.29, 1.82) is 0 Å². The fraction of sp³-hybridized carbons (Fsp3) is 0.308. The van der Waals surface area contributed by atoms with E-state index in [2.05, 4.69) is 8.60 Å². The molecule has 0 N–H and O–H groups in total. The van der Waals surface area contributed by atoms with Gasteiger partial charge in [0.15, 0.2) is 5.75 Å². The first-order chi connectivity index (χ1) is 12.5. The maximum absolute atomic E-state index is 13.6. The summed E-state index contributed by atoms with van der Waals surface area (Å²) in [5, 5.41) is -7.59. The topological polar surface area (TPSA) is 73.6 Å². The van der Waals surface area contributed by atoms with Crippen molar-refractivity contribution in [2.45, 2.75) is 23.3 Å². The Hall–Kier alpha value is -2.45. The van der Waals surface area contributed by atoms with Crippen LogP contribution in [0.15, 0.2) is 39.5 Å². The lowest BCUT2D eigenvalue weighted by Crippen LogP contribution is -2.63. The van der Waals surface area contributed by atoms with Gasteiger partial charge in [0, 0.05) is 0 Å². The lowest BCUT2D eigenvalue weighted by atomic mass is 10.1. The minimum absolute atomic E-state index is 0.0933. The normalized spacial score (nSPS) is 14.3. The molecule has 28 heavy (non-hydrogen) atoms. The summed E-state index contributed by atoms with van der Waals surface area (Å²) in [6.07, 6.45) is -7.21. The van der Waals surface area contributed by atoms with E-state index in [0.29, 0.717) is 0 Å². The largest absolute Gasteiger partial charge is 0.460 e. The summed E-state index contributed by atoms with van der Waals surface area (Å²) < 4.78 is 147. The average molecular weight is 444 g/mol. The van der Waals surface area contributed by atoms with E-state index < -0.39 is 55.7 Å². The molecule has 2 rings (SSSR count). The molecule has 0 saturated heterocycles. The van der Waals surface area contributed by atoms with Gasteiger partial charge in [-0.3, -0.25) is 0 Å². The molecule has 0 spiro atoms. The highest BCUT2D eigenvalue weighted by Gasteiger charge is 2.86. The first-order valence-corrected chi connectivity index (χ1v) is 8.03. The highest BCUT2D eigenvalue weighted by atomic mass is 32.2. The van der Waals surface area contributed by atoms with Crippen molar-refractivity contribution in [3.8, 4) is 5.75 Å². The molecule has 0 unspecified atom stereocenters. The van der Waals surface area contributed by atoms with Gasteiger partial charge in [0.05, 0.1) is 11.5 Å². The molecule has 0 aliphatic heterocycles. The van der Waals surface area contributed by atoms with Crippen molar-refractivity contribution in [2.24, 2.45) is 0 Å². The van der Waals surface area contributed by atoms with Gasteiger partial charge in [0.25, 0.3) is 0 Å². The van der Waals surface area contributed by atoms with Gasteiger partial charge in [-0.05, 0) is 12.1 Å². The molecule has 0 amide bonds. The molecule has 156 valence electrons. The fourth-order valence-electron chi connectivity index (χ4n) is 1.84. The van der Waals surface area contributed by atoms with Crippen LogP contribution in [0.2, 0.25) is 0 Å². The van der Waals surface area contributed by atoms with Crippen molar-refractivity contribution in [1.82, 2.24) is 0 Å². The van der Waals surface area contributed by atoms with Gasteiger partial charge in [-0.25, -0.2) is 4.79 Å². The van der Waals surface area contributed by atoms with Crippen molar-refractivity contribution < 1.29 is 56.5 Å². The Kier molecular flexibility index (Phi) is 4.90. The Balaban J connectivity index is 2.60. The molecule has 0 aliphatic carbocycles. The van der Waals surface area contributed by atoms with E-state index in [0.717, 1.165) is 18.2 Å². The van der Waals surface area contributed by atoms with Crippen molar-refractivity contribution >= 4 is 21.1 Å². The van der Waals surface area contributed by atoms with E-state index in [1.807, 2.05) is 0 Å². The molecular weight excluding hydrogens is 439 g/mol. The molecule has 2 aromatic rings. The summed E-state index contributed by atoms with van der Waals surface area (Å²) in [7, 11) is -7.17. The Morgan fingerprint density at radius 1 is 0.857 bits per heavy atom. The first kappa shape index (κ1) is 21.8. The number of alkyl halides is 9. The number of para-hydroxylation sites is 1. The highest BCUT2D eigenvalue weighted by Crippen LogP contribution is 2.55. The van der Waals surface area contributed by atoms with E-state index in [1.54, 1.807) is 0 Å². The van der Waals surface area contributed by atoms with Crippen LogP contribution in [-0.2, 0) is 10.1 Å². The number of benzene rings is 1. The first-order valence-electron chi connectivity index (χ1n) is 6.63. The van der Waals surface area contributed by atoms with E-state index >= 15 is 0 Å². The average Bonchev–Trinajstić information content (AvgIpc) is 2.52. The van der Waals surface area contributed by atoms with Crippen LogP contribution >= 0.6 is 0 Å². The molecule has 1 aromatic carbocycles. The summed E-state index contributed by atoms with van der Waals surface area (Å²) >= 11 is 0. The zero-order chi connectivity index (χ0) is 21.8. The van der Waals surface area contributed by atoms with Crippen LogP contribution in [-0.4, -0.2) is 31.7 Å². The quantitative estimate of drug-likeness (QED) is 0.397. The van der Waals surface area contributed by atoms with Gasteiger partial charge in [-0.15, -0.1) is 0 Å². The molecule has 0 bridgehead atoms. The second kappa shape index (κ2) is 6.28. The molecule has 1 heterocycles. The van der Waals surface area contributed by atoms with Gasteiger partial charge in [0.1, 0.15) is 5.58 Å². The maximum atomic E-state index is 13.6. The Morgan fingerprint density at radius 2 is 1.39 bits per heavy atom. The lowest BCUT2D eigenvalue weighted by Gasteiger charge is -2.32. The predicted molar refractivity (Wildman–Crippen MR) is 72.9 cm³/mol. The van der Waals surface area contributed by atoms with Gasteiger partial charge in [0.2, 0.25) is 0 Å². The maximum Gasteiger partial charge on any atom is 0.460 e. The molecule has 0 atom stereocenters. The van der Waals surface area contributed by atoms with Gasteiger partial charge >= 0.3 is 39.0 Å². The molecule has 0 fully saturated rings. The molecule has 0 radical (unpaired) electrons. The molecular formula is C13H5F9O5S. The summed E-state index contributed by atoms with van der Waals surface area (Å²) in [4.78, 5) is 11.3. The molecule has 1 aromatic heterocycles. The smallest absolute Gasteiger partial charge is 0.422 e. The van der Waals surface area contributed by atoms with Crippen LogP contribution in [0.4, 0.5) is 39.5 Å². The number of fused-ring (bicyclic) bond motifs is 1. The van der Waals surface area contributed by atoms with Crippen LogP contribution in [0.25, 0.3) is 11.0 Å². The standard InChI is InChI=1S/C13H5F9O5S/c14-10(15,12(18,19)20)11(16,17)13(21,22)28(24,25)27-8-5-9(23)26-7-4-2-1-3-6(7)8/h1-5H. The highest BCUT2D eigenvalue weighted by molar-refractivity contribution is 7.88. The van der Waals surface area contributed by atoms with Gasteiger partial charge in [-0.1, -0.05) is 12.1 Å². The minimum atomic E-state index is -7.45. The predicted octanol–water partition coefficient (Wildman–Crippen LogP) is 3.93. The molecule has 15 heteroatoms. The Labute approximate surface area is 148 Å². The van der Waals surface area contributed by atoms with Crippen molar-refractivity contribution in [3.63, 3.8) is 0 Å². The Morgan fingerprint density at radius 3 is 1.93 bits per heavy atom. The zero-order valence-electron chi connectivity index (χ0n) is 12.7. The van der Waals surface area contributed by atoms with Gasteiger partial charge in [-0.2, -0.15) is 47.9 Å². The third-order valence-electron chi connectivity index (χ3n) is 3.24. The van der Waals surface area contributed by atoms with Crippen LogP contribution in [0.3, 0.4) is 0 Å². The van der Waals surface area contributed by atoms with E-state index in [1.165, 1.54) is 6.07 Å². The number of halogens is 9. The second-order valence-electron chi connectivity index (χ2n) is 5.13. The van der Waals surface area contributed by atoms with Gasteiger partial charge < -0.3 is 8.60 Å². The Bertz CT molecular complexity index is 1060. The molecule has 5 nitrogen and oxygen atoms in total. The summed E-state index contributed by atoms with van der Waals surface area (Å²) in [6.45, 7) is 0. The number of rotatable bonds is 5. The third-order valence-corrected chi connectivity index (χ3v) is 4.52. The van der Waals surface area contributed by atoms with Crippen molar-refractivity contribution in [3.05, 3.63) is 40.8 Å². The minimum Gasteiger partial charge on any atom is -0.422 e. The third kappa shape index (κ3) is 3.16. The lowest BCUT2D eigenvalue weighted by molar-refractivity contribution is -0.382. The second-order valence-corrected chi connectivity index (χ2v) is 6.71. The van der Waals surface area contributed by atoms with Crippen LogP contribution in [0.1, 0.15) is 0 Å². The van der Waals surface area contributed by atoms with Crippen molar-refractivity contribution in [2.75, 3.05) is 0 Å². The van der Waals surface area contributed by atoms with Crippen LogP contribution in [0.5, 0.6) is 5.75 Å². The van der Waals surface area contributed by atoms with E-state index in [9.17, 15) is 52.7 Å². The number of hydrogen-bond acceptors (Lipinski definition) is 5. The van der Waals surface area contributed by atoms with Crippen LogP contribution < -0.4 is 9.81 Å². The van der Waals surface area contributed by atoms with E-state index in [-0.39, 0.29) is 6.07 Å². The molecule has 0 saturated carbocycles.